The lowest BCUT2D eigenvalue weighted by atomic mass is 9.86. The molecule has 0 fully saturated rings. The minimum absolute atomic E-state index is 0.0228. The summed E-state index contributed by atoms with van der Waals surface area (Å²) in [6, 6.07) is -0.607. The first-order chi connectivity index (χ1) is 7.21. The topological polar surface area (TPSA) is 9.23 Å². The minimum atomic E-state index is -0.387. The molecular weight excluding hydrogens is 148 g/mol. The van der Waals surface area contributed by atoms with E-state index in [4.69, 9.17) is 10.2 Å². The van der Waals surface area contributed by atoms with Crippen molar-refractivity contribution in [3.63, 3.8) is 0 Å². The number of methoxy groups -OCH3 is 1. The molecule has 0 radical (unpaired) electrons. The van der Waals surface area contributed by atoms with E-state index in [1.807, 2.05) is 20.8 Å². The maximum Gasteiger partial charge on any atom is 0.122 e. The Morgan fingerprint density at radius 1 is 1.25 bits per heavy atom. The van der Waals surface area contributed by atoms with Crippen molar-refractivity contribution in [1.82, 2.24) is 0 Å². The second-order valence-corrected chi connectivity index (χ2v) is 3.66. The summed E-state index contributed by atoms with van der Waals surface area (Å²) in [7, 11) is 1.42. The number of benzene rings is 1. The summed E-state index contributed by atoms with van der Waals surface area (Å²) in [5.74, 6) is 0.235. The normalized spacial score (nSPS) is 16.0. The van der Waals surface area contributed by atoms with Crippen molar-refractivity contribution in [3.05, 3.63) is 29.7 Å². The molecule has 66 valence electrons. The maximum atomic E-state index is 7.86. The molecule has 1 heteroatoms. The van der Waals surface area contributed by atoms with E-state index in [2.05, 4.69) is 0 Å². The van der Waals surface area contributed by atoms with E-state index in [0.717, 1.165) is 0 Å². The number of rotatable bonds is 1. The van der Waals surface area contributed by atoms with Gasteiger partial charge in [0.2, 0.25) is 0 Å². The van der Waals surface area contributed by atoms with Gasteiger partial charge in [-0.15, -0.1) is 0 Å². The van der Waals surface area contributed by atoms with Gasteiger partial charge in [-0.2, -0.15) is 0 Å². The Kier molecular flexibility index (Phi) is 1.30. The van der Waals surface area contributed by atoms with E-state index in [1.165, 1.54) is 7.11 Å². The molecule has 0 aliphatic rings. The van der Waals surface area contributed by atoms with Gasteiger partial charge in [0, 0.05) is 0 Å². The van der Waals surface area contributed by atoms with E-state index in [0.29, 0.717) is 5.56 Å². The van der Waals surface area contributed by atoms with Gasteiger partial charge in [0.05, 0.1) is 12.6 Å². The van der Waals surface area contributed by atoms with Crippen LogP contribution in [0.2, 0.25) is 0 Å². The minimum Gasteiger partial charge on any atom is -0.496 e. The molecule has 0 saturated heterocycles. The lowest BCUT2D eigenvalue weighted by molar-refractivity contribution is 0.397. The fraction of sp³-hybridized carbons (Fsp3) is 0.455. The maximum absolute atomic E-state index is 7.86. The molecule has 12 heavy (non-hydrogen) atoms. The molecule has 0 saturated carbocycles. The third-order valence-corrected chi connectivity index (χ3v) is 1.61. The van der Waals surface area contributed by atoms with Crippen molar-refractivity contribution in [2.24, 2.45) is 0 Å². The summed E-state index contributed by atoms with van der Waals surface area (Å²) < 4.78 is 35.9. The van der Waals surface area contributed by atoms with Crippen LogP contribution in [0.1, 0.15) is 31.8 Å². The van der Waals surface area contributed by atoms with Crippen molar-refractivity contribution in [3.8, 4) is 5.75 Å². The molecule has 0 aliphatic heterocycles. The van der Waals surface area contributed by atoms with Gasteiger partial charge in [0.25, 0.3) is 0 Å². The third kappa shape index (κ3) is 1.79. The predicted molar refractivity (Wildman–Crippen MR) is 51.7 cm³/mol. The largest absolute Gasteiger partial charge is 0.496 e. The second-order valence-electron chi connectivity index (χ2n) is 3.66. The summed E-state index contributed by atoms with van der Waals surface area (Å²) in [6.45, 7) is 5.68. The fourth-order valence-corrected chi connectivity index (χ4v) is 0.982. The highest BCUT2D eigenvalue weighted by molar-refractivity contribution is 5.38. The number of para-hydroxylation sites is 1. The highest BCUT2D eigenvalue weighted by Gasteiger charge is 2.17. The van der Waals surface area contributed by atoms with Crippen LogP contribution in [0.5, 0.6) is 5.75 Å². The standard InChI is InChI=1S/C11H16O/c1-11(2,3)9-7-5-6-8-10(9)12-4/h5-8H,1-4H3/i5D,6D,7D,8D. The first-order valence-electron chi connectivity index (χ1n) is 5.86. The van der Waals surface area contributed by atoms with Crippen molar-refractivity contribution in [2.75, 3.05) is 7.11 Å². The Labute approximate surface area is 80.0 Å². The molecule has 0 N–H and O–H groups in total. The zero-order valence-corrected chi connectivity index (χ0v) is 7.91. The molecule has 0 spiro atoms. The molecule has 0 atom stereocenters. The SMILES string of the molecule is [2H]c1c([2H])c([2H])c(C(C)(C)C)c(OC)c1[2H]. The van der Waals surface area contributed by atoms with Gasteiger partial charge in [0.1, 0.15) is 5.75 Å². The lowest BCUT2D eigenvalue weighted by Gasteiger charge is -2.21. The van der Waals surface area contributed by atoms with Gasteiger partial charge in [-0.3, -0.25) is 0 Å². The Bertz CT molecular complexity index is 421. The van der Waals surface area contributed by atoms with Crippen LogP contribution < -0.4 is 4.74 Å². The van der Waals surface area contributed by atoms with Crippen molar-refractivity contribution >= 4 is 0 Å². The molecule has 0 unspecified atom stereocenters. The number of hydrogen-bond donors (Lipinski definition) is 0. The molecule has 0 heterocycles. The zero-order chi connectivity index (χ0) is 12.7. The van der Waals surface area contributed by atoms with Crippen molar-refractivity contribution < 1.29 is 10.2 Å². The van der Waals surface area contributed by atoms with Crippen LogP contribution in [0.15, 0.2) is 24.2 Å². The monoisotopic (exact) mass is 168 g/mol. The molecule has 1 rings (SSSR count). The number of ether oxygens (including phenoxy) is 1. The summed E-state index contributed by atoms with van der Waals surface area (Å²) in [4.78, 5) is 0. The fourth-order valence-electron chi connectivity index (χ4n) is 0.982. The summed E-state index contributed by atoms with van der Waals surface area (Å²) in [5.41, 5.74) is 0.128. The van der Waals surface area contributed by atoms with E-state index in [9.17, 15) is 0 Å². The Morgan fingerprint density at radius 3 is 2.33 bits per heavy atom. The summed E-state index contributed by atoms with van der Waals surface area (Å²) in [6.07, 6.45) is 0. The first-order valence-corrected chi connectivity index (χ1v) is 3.86. The van der Waals surface area contributed by atoms with Gasteiger partial charge < -0.3 is 4.74 Å². The van der Waals surface area contributed by atoms with Crippen LogP contribution in [-0.2, 0) is 5.41 Å². The molecule has 0 bridgehead atoms. The number of hydrogen-bond acceptors (Lipinski definition) is 1. The smallest absolute Gasteiger partial charge is 0.122 e. The summed E-state index contributed by atoms with van der Waals surface area (Å²) in [5, 5.41) is 0. The van der Waals surface area contributed by atoms with Crippen LogP contribution in [-0.4, -0.2) is 7.11 Å². The van der Waals surface area contributed by atoms with Gasteiger partial charge in [0.15, 0.2) is 0 Å². The van der Waals surface area contributed by atoms with Gasteiger partial charge in [-0.1, -0.05) is 38.9 Å². The molecule has 0 amide bonds. The first kappa shape index (κ1) is 4.90. The van der Waals surface area contributed by atoms with Crippen LogP contribution in [0.3, 0.4) is 0 Å². The predicted octanol–water partition coefficient (Wildman–Crippen LogP) is 2.99. The van der Waals surface area contributed by atoms with Gasteiger partial charge in [-0.25, -0.2) is 0 Å². The van der Waals surface area contributed by atoms with E-state index in [1.54, 1.807) is 0 Å². The Balaban J connectivity index is 3.72. The Morgan fingerprint density at radius 2 is 1.83 bits per heavy atom. The lowest BCUT2D eigenvalue weighted by Crippen LogP contribution is -2.12. The quantitative estimate of drug-likeness (QED) is 0.626. The highest BCUT2D eigenvalue weighted by atomic mass is 16.5. The van der Waals surface area contributed by atoms with Gasteiger partial charge >= 0.3 is 0 Å². The molecule has 1 aromatic carbocycles. The van der Waals surface area contributed by atoms with Crippen molar-refractivity contribution in [2.45, 2.75) is 26.2 Å². The highest BCUT2D eigenvalue weighted by Crippen LogP contribution is 2.30. The van der Waals surface area contributed by atoms with E-state index in [-0.39, 0.29) is 35.3 Å². The van der Waals surface area contributed by atoms with Crippen molar-refractivity contribution in [1.29, 1.82) is 0 Å². The average molecular weight is 168 g/mol. The van der Waals surface area contributed by atoms with Crippen LogP contribution in [0.25, 0.3) is 0 Å². The van der Waals surface area contributed by atoms with E-state index < -0.39 is 0 Å². The van der Waals surface area contributed by atoms with Crippen LogP contribution >= 0.6 is 0 Å². The van der Waals surface area contributed by atoms with Gasteiger partial charge in [-0.05, 0) is 17.0 Å². The Hall–Kier alpha value is -0.980. The molecule has 1 nitrogen and oxygen atoms in total. The zero-order valence-electron chi connectivity index (χ0n) is 11.9. The summed E-state index contributed by atoms with van der Waals surface area (Å²) >= 11 is 0. The average Bonchev–Trinajstić information content (AvgIpc) is 2.18. The second kappa shape index (κ2) is 3.18. The van der Waals surface area contributed by atoms with E-state index >= 15 is 0 Å². The third-order valence-electron chi connectivity index (χ3n) is 1.61. The molecule has 0 aromatic heterocycles. The molecule has 1 aromatic rings. The van der Waals surface area contributed by atoms with Crippen LogP contribution in [0.4, 0.5) is 0 Å². The molecule has 0 aliphatic carbocycles. The molecular formula is C11H16O. The van der Waals surface area contributed by atoms with Crippen LogP contribution in [0, 0.1) is 0 Å².